The Balaban J connectivity index is 1.69. The smallest absolute Gasteiger partial charge is 0.285 e. The molecule has 0 bridgehead atoms. The molecule has 9 heteroatoms. The molecule has 1 unspecified atom stereocenters. The number of nitrogens with zero attached hydrogens (tertiary/aromatic N) is 2. The maximum Gasteiger partial charge on any atom is 0.285 e. The zero-order valence-corrected chi connectivity index (χ0v) is 19.1. The highest BCUT2D eigenvalue weighted by Gasteiger charge is 2.31. The Morgan fingerprint density at radius 3 is 2.52 bits per heavy atom. The molecular formula is C22H27N3O5S. The molecule has 0 radical (unpaired) electrons. The average Bonchev–Trinajstić information content (AvgIpc) is 2.99. The van der Waals surface area contributed by atoms with E-state index in [9.17, 15) is 13.2 Å². The molecule has 166 valence electrons. The minimum Gasteiger partial charge on any atom is -0.493 e. The normalized spacial score (nSPS) is 15.1. The second-order valence-electron chi connectivity index (χ2n) is 7.61. The third kappa shape index (κ3) is 4.99. The van der Waals surface area contributed by atoms with Gasteiger partial charge >= 0.3 is 0 Å². The van der Waals surface area contributed by atoms with E-state index in [2.05, 4.69) is 9.71 Å². The van der Waals surface area contributed by atoms with E-state index >= 15 is 0 Å². The van der Waals surface area contributed by atoms with E-state index in [1.807, 2.05) is 39.0 Å². The minimum atomic E-state index is -3.73. The molecule has 1 heterocycles. The number of amides is 1. The van der Waals surface area contributed by atoms with Crippen molar-refractivity contribution in [1.82, 2.24) is 10.2 Å². The van der Waals surface area contributed by atoms with Gasteiger partial charge in [-0.1, -0.05) is 18.2 Å². The molecule has 0 fully saturated rings. The van der Waals surface area contributed by atoms with Crippen molar-refractivity contribution in [3.05, 3.63) is 53.6 Å². The first-order chi connectivity index (χ1) is 14.6. The summed E-state index contributed by atoms with van der Waals surface area (Å²) in [6, 6.07) is 11.8. The van der Waals surface area contributed by atoms with Gasteiger partial charge in [0.2, 0.25) is 5.91 Å². The summed E-state index contributed by atoms with van der Waals surface area (Å²) < 4.78 is 39.4. The molecule has 2 aromatic rings. The fourth-order valence-electron chi connectivity index (χ4n) is 3.33. The molecule has 1 aliphatic heterocycles. The monoisotopic (exact) mass is 445 g/mol. The zero-order chi connectivity index (χ0) is 22.8. The van der Waals surface area contributed by atoms with Crippen LogP contribution in [-0.4, -0.2) is 51.9 Å². The van der Waals surface area contributed by atoms with Crippen LogP contribution < -0.4 is 14.8 Å². The first-order valence-electron chi connectivity index (χ1n) is 9.92. The number of carbonyl (C=O) groups excluding carboxylic acids is 1. The number of methoxy groups -OCH3 is 1. The van der Waals surface area contributed by atoms with Gasteiger partial charge in [-0.2, -0.15) is 8.42 Å². The highest BCUT2D eigenvalue weighted by atomic mass is 32.2. The van der Waals surface area contributed by atoms with Crippen LogP contribution in [0.15, 0.2) is 51.8 Å². The number of carbonyl (C=O) groups is 1. The number of rotatable bonds is 7. The average molecular weight is 446 g/mol. The van der Waals surface area contributed by atoms with Crippen molar-refractivity contribution in [2.24, 2.45) is 4.40 Å². The van der Waals surface area contributed by atoms with Gasteiger partial charge in [-0.3, -0.25) is 4.79 Å². The van der Waals surface area contributed by atoms with E-state index in [1.54, 1.807) is 32.4 Å². The minimum absolute atomic E-state index is 0.0138. The summed E-state index contributed by atoms with van der Waals surface area (Å²) in [5.41, 5.74) is 1.35. The van der Waals surface area contributed by atoms with E-state index in [-0.39, 0.29) is 35.3 Å². The first kappa shape index (κ1) is 22.6. The lowest BCUT2D eigenvalue weighted by atomic mass is 10.1. The molecule has 0 aliphatic carbocycles. The molecule has 0 aromatic heterocycles. The van der Waals surface area contributed by atoms with Crippen molar-refractivity contribution in [3.8, 4) is 11.5 Å². The van der Waals surface area contributed by atoms with Crippen molar-refractivity contribution in [3.63, 3.8) is 0 Å². The van der Waals surface area contributed by atoms with Gasteiger partial charge in [-0.15, -0.1) is 4.40 Å². The first-order valence-corrected chi connectivity index (χ1v) is 11.4. The molecule has 1 aliphatic rings. The molecule has 0 spiro atoms. The van der Waals surface area contributed by atoms with E-state index in [0.717, 1.165) is 5.56 Å². The molecule has 0 saturated carbocycles. The van der Waals surface area contributed by atoms with Crippen LogP contribution in [0, 0.1) is 0 Å². The summed E-state index contributed by atoms with van der Waals surface area (Å²) in [6.45, 7) is 5.69. The van der Waals surface area contributed by atoms with Crippen molar-refractivity contribution in [2.75, 3.05) is 20.7 Å². The van der Waals surface area contributed by atoms with E-state index < -0.39 is 10.0 Å². The Morgan fingerprint density at radius 1 is 1.13 bits per heavy atom. The molecular weight excluding hydrogens is 418 g/mol. The van der Waals surface area contributed by atoms with Crippen LogP contribution in [0.2, 0.25) is 0 Å². The number of fused-ring (bicyclic) bond motifs is 1. The quantitative estimate of drug-likeness (QED) is 0.704. The largest absolute Gasteiger partial charge is 0.493 e. The SMILES string of the molecule is COc1cc(C(C)NC(=O)CN(C)C2=NS(=O)(=O)c3ccccc32)ccc1OC(C)C. The van der Waals surface area contributed by atoms with Gasteiger partial charge in [-0.05, 0) is 50.6 Å². The summed E-state index contributed by atoms with van der Waals surface area (Å²) >= 11 is 0. The number of amidine groups is 1. The second kappa shape index (κ2) is 8.97. The number of hydrogen-bond donors (Lipinski definition) is 1. The second-order valence-corrected chi connectivity index (χ2v) is 9.18. The fourth-order valence-corrected chi connectivity index (χ4v) is 4.58. The van der Waals surface area contributed by atoms with Crippen molar-refractivity contribution >= 4 is 21.8 Å². The summed E-state index contributed by atoms with van der Waals surface area (Å²) in [5, 5.41) is 2.93. The Labute approximate surface area is 182 Å². The van der Waals surface area contributed by atoms with Crippen molar-refractivity contribution in [2.45, 2.75) is 37.8 Å². The van der Waals surface area contributed by atoms with Crippen LogP contribution in [0.25, 0.3) is 0 Å². The van der Waals surface area contributed by atoms with Crippen LogP contribution in [-0.2, 0) is 14.8 Å². The fraction of sp³-hybridized carbons (Fsp3) is 0.364. The van der Waals surface area contributed by atoms with Gasteiger partial charge in [0.25, 0.3) is 10.0 Å². The highest BCUT2D eigenvalue weighted by molar-refractivity contribution is 7.90. The van der Waals surface area contributed by atoms with Gasteiger partial charge in [0.1, 0.15) is 4.90 Å². The zero-order valence-electron chi connectivity index (χ0n) is 18.2. The molecule has 2 aromatic carbocycles. The lowest BCUT2D eigenvalue weighted by molar-refractivity contribution is -0.121. The standard InChI is InChI=1S/C22H27N3O5S/c1-14(2)30-18-11-10-16(12-19(18)29-5)15(3)23-21(26)13-25(4)22-17-8-6-7-9-20(17)31(27,28)24-22/h6-12,14-15H,13H2,1-5H3,(H,23,26). The van der Waals surface area contributed by atoms with Gasteiger partial charge in [0.05, 0.1) is 25.8 Å². The summed E-state index contributed by atoms with van der Waals surface area (Å²) in [5.74, 6) is 1.22. The molecule has 3 rings (SSSR count). The molecule has 1 N–H and O–H groups in total. The lowest BCUT2D eigenvalue weighted by Gasteiger charge is -2.21. The topological polar surface area (TPSA) is 97.3 Å². The summed E-state index contributed by atoms with van der Waals surface area (Å²) in [4.78, 5) is 14.3. The lowest BCUT2D eigenvalue weighted by Crippen LogP contribution is -2.39. The predicted octanol–water partition coefficient (Wildman–Crippen LogP) is 2.74. The number of likely N-dealkylation sites (N-methyl/N-ethyl adjacent to an activating group) is 1. The Bertz CT molecular complexity index is 1110. The van der Waals surface area contributed by atoms with E-state index in [1.165, 1.54) is 11.0 Å². The van der Waals surface area contributed by atoms with Crippen LogP contribution in [0.1, 0.15) is 37.9 Å². The maximum absolute atomic E-state index is 12.6. The highest BCUT2D eigenvalue weighted by Crippen LogP contribution is 2.31. The Hall–Kier alpha value is -3.07. The molecule has 1 atom stereocenters. The molecule has 0 saturated heterocycles. The Kier molecular flexibility index (Phi) is 6.54. The molecule has 8 nitrogen and oxygen atoms in total. The Morgan fingerprint density at radius 2 is 1.84 bits per heavy atom. The summed E-state index contributed by atoms with van der Waals surface area (Å²) in [7, 11) is -0.525. The predicted molar refractivity (Wildman–Crippen MR) is 118 cm³/mol. The van der Waals surface area contributed by atoms with E-state index in [0.29, 0.717) is 17.1 Å². The summed E-state index contributed by atoms with van der Waals surface area (Å²) in [6.07, 6.45) is 0.0138. The molecule has 31 heavy (non-hydrogen) atoms. The number of ether oxygens (including phenoxy) is 2. The van der Waals surface area contributed by atoms with Gasteiger partial charge in [-0.25, -0.2) is 0 Å². The number of sulfonamides is 1. The molecule has 1 amide bonds. The van der Waals surface area contributed by atoms with E-state index in [4.69, 9.17) is 9.47 Å². The van der Waals surface area contributed by atoms with Crippen LogP contribution in [0.4, 0.5) is 0 Å². The maximum atomic E-state index is 12.6. The van der Waals surface area contributed by atoms with Crippen LogP contribution >= 0.6 is 0 Å². The van der Waals surface area contributed by atoms with Gasteiger partial charge < -0.3 is 19.7 Å². The number of hydrogen-bond acceptors (Lipinski definition) is 6. The van der Waals surface area contributed by atoms with Crippen LogP contribution in [0.5, 0.6) is 11.5 Å². The number of benzene rings is 2. The van der Waals surface area contributed by atoms with Gasteiger partial charge in [0.15, 0.2) is 17.3 Å². The number of nitrogens with one attached hydrogen (secondary N) is 1. The van der Waals surface area contributed by atoms with Crippen molar-refractivity contribution in [1.29, 1.82) is 0 Å². The third-order valence-corrected chi connectivity index (χ3v) is 6.11. The third-order valence-electron chi connectivity index (χ3n) is 4.78. The van der Waals surface area contributed by atoms with Crippen molar-refractivity contribution < 1.29 is 22.7 Å². The van der Waals surface area contributed by atoms with Gasteiger partial charge in [0, 0.05) is 12.6 Å². The van der Waals surface area contributed by atoms with Crippen LogP contribution in [0.3, 0.4) is 0 Å².